The molecule has 16 nitrogen and oxygen atoms in total. The normalized spacial score (nSPS) is 16.0. The first-order chi connectivity index (χ1) is 34.4. The number of amides is 1. The van der Waals surface area contributed by atoms with Gasteiger partial charge in [-0.3, -0.25) is 23.8 Å². The second-order valence-corrected chi connectivity index (χ2v) is 22.1. The quantitative estimate of drug-likeness (QED) is 0.0262. The van der Waals surface area contributed by atoms with Crippen LogP contribution in [0.2, 0.25) is 0 Å². The number of nitro groups is 1. The third kappa shape index (κ3) is 12.7. The molecule has 4 N–H and O–H groups in total. The summed E-state index contributed by atoms with van der Waals surface area (Å²) in [5, 5.41) is 28.8. The SMILES string of the molecule is Cc1c(C(=O)NCS(=O)[O-])c(-c2cccc(N3CCN(c4ccc(NS(=O)(=O)c5ccc(N[C@H](CCN6CCC(C)(O)CC6)CSc6ccccc6)c([N+](=O)[O-])c5)cc4)CC3)c2)c(-c2ccc(F)cc2)n1C. The average molecular weight is 1040 g/mol. The Morgan fingerprint density at radius 2 is 1.54 bits per heavy atom. The van der Waals surface area contributed by atoms with E-state index in [4.69, 9.17) is 0 Å². The number of likely N-dealkylation sites (tertiary alicyclic amines) is 1. The zero-order chi connectivity index (χ0) is 51.2. The zero-order valence-electron chi connectivity index (χ0n) is 40.3. The highest BCUT2D eigenvalue weighted by Crippen LogP contribution is 2.40. The van der Waals surface area contributed by atoms with Crippen molar-refractivity contribution in [1.82, 2.24) is 14.8 Å². The molecule has 380 valence electrons. The van der Waals surface area contributed by atoms with Crippen molar-refractivity contribution in [3.8, 4) is 22.4 Å². The number of piperazine rings is 1. The van der Waals surface area contributed by atoms with Gasteiger partial charge in [0, 0.05) is 104 Å². The molecule has 2 fully saturated rings. The fourth-order valence-electron chi connectivity index (χ4n) is 9.23. The molecule has 8 rings (SSSR count). The van der Waals surface area contributed by atoms with E-state index in [-0.39, 0.29) is 22.3 Å². The molecule has 0 bridgehead atoms. The molecule has 2 aliphatic rings. The molecule has 0 aliphatic carbocycles. The Kier molecular flexibility index (Phi) is 16.4. The Morgan fingerprint density at radius 1 is 0.875 bits per heavy atom. The van der Waals surface area contributed by atoms with Crippen LogP contribution < -0.4 is 25.2 Å². The summed E-state index contributed by atoms with van der Waals surface area (Å²) in [5.74, 6) is -0.881. The number of rotatable bonds is 19. The van der Waals surface area contributed by atoms with Crippen molar-refractivity contribution in [2.75, 3.05) is 77.3 Å². The van der Waals surface area contributed by atoms with Gasteiger partial charge in [-0.15, -0.1) is 11.8 Å². The minimum Gasteiger partial charge on any atom is -0.771 e. The molecule has 1 unspecified atom stereocenters. The molecule has 0 saturated carbocycles. The number of carbonyl (C=O) groups excluding carboxylic acids is 1. The lowest BCUT2D eigenvalue weighted by molar-refractivity contribution is -0.384. The van der Waals surface area contributed by atoms with Crippen LogP contribution >= 0.6 is 11.8 Å². The van der Waals surface area contributed by atoms with Crippen molar-refractivity contribution in [2.45, 2.75) is 54.5 Å². The summed E-state index contributed by atoms with van der Waals surface area (Å²) in [5.41, 5.74) is 4.89. The fraction of sp³-hybridized carbons (Fsp3) is 0.327. The van der Waals surface area contributed by atoms with E-state index in [0.717, 1.165) is 47.5 Å². The summed E-state index contributed by atoms with van der Waals surface area (Å²) in [6.07, 6.45) is 2.02. The topological polar surface area (TPSA) is 205 Å². The summed E-state index contributed by atoms with van der Waals surface area (Å²) in [6, 6.07) is 34.4. The highest BCUT2D eigenvalue weighted by atomic mass is 32.2. The van der Waals surface area contributed by atoms with Crippen LogP contribution in [0.5, 0.6) is 0 Å². The third-order valence-electron chi connectivity index (χ3n) is 13.4. The van der Waals surface area contributed by atoms with Gasteiger partial charge in [-0.1, -0.05) is 30.3 Å². The number of anilines is 4. The number of aromatic nitrogens is 1. The van der Waals surface area contributed by atoms with Crippen LogP contribution in [0.1, 0.15) is 42.2 Å². The number of hydrogen-bond acceptors (Lipinski definition) is 13. The molecule has 5 aromatic carbocycles. The number of carbonyl (C=O) groups is 1. The summed E-state index contributed by atoms with van der Waals surface area (Å²) in [7, 11) is -2.42. The Morgan fingerprint density at radius 3 is 2.19 bits per heavy atom. The fourth-order valence-corrected chi connectivity index (χ4v) is 11.6. The lowest BCUT2D eigenvalue weighted by atomic mass is 9.94. The summed E-state index contributed by atoms with van der Waals surface area (Å²) < 4.78 is 68.7. The van der Waals surface area contributed by atoms with Crippen molar-refractivity contribution >= 4 is 67.2 Å². The van der Waals surface area contributed by atoms with Gasteiger partial charge in [0.2, 0.25) is 0 Å². The molecular weight excluding hydrogens is 980 g/mol. The lowest BCUT2D eigenvalue weighted by Gasteiger charge is -2.37. The molecule has 6 aromatic rings. The van der Waals surface area contributed by atoms with E-state index in [1.165, 1.54) is 24.3 Å². The summed E-state index contributed by atoms with van der Waals surface area (Å²) in [4.78, 5) is 33.0. The van der Waals surface area contributed by atoms with Crippen molar-refractivity contribution < 1.29 is 36.4 Å². The van der Waals surface area contributed by atoms with E-state index in [9.17, 15) is 41.6 Å². The zero-order valence-corrected chi connectivity index (χ0v) is 42.7. The number of thioether (sulfide) groups is 1. The van der Waals surface area contributed by atoms with Gasteiger partial charge in [-0.05, 0) is 140 Å². The van der Waals surface area contributed by atoms with Crippen molar-refractivity contribution in [1.29, 1.82) is 0 Å². The standard InChI is InChI=1S/C52H59FN8O8S3/c1-36-48(51(62)54-35-71(66)67)49(50(57(36)3)37-12-14-39(53)15-13-37)38-8-7-9-43(32-38)60-30-28-59(29-31-60)42-18-16-40(17-19-42)56-72(68,69)45-20-21-46(47(33-45)61(64)65)55-41(34-70-44-10-5-4-6-11-44)22-25-58-26-23-52(2,63)24-27-58/h4-21,32-33,41,55-56,63H,22-31,34-35H2,1-3H3,(H,54,62)(H,66,67)/p-1/t41-/m1/s1. The first kappa shape index (κ1) is 52.0. The van der Waals surface area contributed by atoms with Crippen molar-refractivity contribution in [2.24, 2.45) is 7.05 Å². The number of piperidine rings is 1. The number of nitrogens with one attached hydrogen (secondary N) is 3. The molecule has 1 aromatic heterocycles. The molecule has 0 spiro atoms. The number of nitro benzene ring substituents is 1. The Hall–Kier alpha value is -6.29. The lowest BCUT2D eigenvalue weighted by Crippen LogP contribution is -2.46. The van der Waals surface area contributed by atoms with E-state index in [1.807, 2.05) is 85.3 Å². The van der Waals surface area contributed by atoms with Gasteiger partial charge in [0.25, 0.3) is 21.6 Å². The van der Waals surface area contributed by atoms with Gasteiger partial charge in [-0.2, -0.15) is 0 Å². The maximum atomic E-state index is 14.0. The third-order valence-corrected chi connectivity index (χ3v) is 16.3. The molecule has 0 radical (unpaired) electrons. The van der Waals surface area contributed by atoms with Crippen LogP contribution in [0, 0.1) is 22.9 Å². The van der Waals surface area contributed by atoms with Crippen LogP contribution in [0.15, 0.2) is 131 Å². The van der Waals surface area contributed by atoms with E-state index in [2.05, 4.69) is 30.1 Å². The monoisotopic (exact) mass is 1040 g/mol. The highest BCUT2D eigenvalue weighted by molar-refractivity contribution is 7.99. The first-order valence-electron chi connectivity index (χ1n) is 23.6. The Bertz CT molecular complexity index is 3010. The smallest absolute Gasteiger partial charge is 0.293 e. The number of nitrogens with zero attached hydrogens (tertiary/aromatic N) is 5. The second-order valence-electron chi connectivity index (χ2n) is 18.4. The maximum absolute atomic E-state index is 14.0. The van der Waals surface area contributed by atoms with Gasteiger partial charge < -0.3 is 39.6 Å². The van der Waals surface area contributed by atoms with Gasteiger partial charge >= 0.3 is 0 Å². The Labute approximate surface area is 426 Å². The van der Waals surface area contributed by atoms with Crippen molar-refractivity contribution in [3.63, 3.8) is 0 Å². The number of halogens is 1. The average Bonchev–Trinajstić information content (AvgIpc) is 3.64. The van der Waals surface area contributed by atoms with E-state index in [0.29, 0.717) is 85.0 Å². The molecule has 2 atom stereocenters. The van der Waals surface area contributed by atoms with Crippen LogP contribution in [0.25, 0.3) is 22.4 Å². The van der Waals surface area contributed by atoms with Gasteiger partial charge in [0.05, 0.1) is 32.6 Å². The number of benzene rings is 5. The minimum atomic E-state index is -4.23. The number of hydrogen-bond donors (Lipinski definition) is 4. The Balaban J connectivity index is 0.926. The molecule has 3 heterocycles. The largest absolute Gasteiger partial charge is 0.771 e. The van der Waals surface area contributed by atoms with Crippen LogP contribution in [-0.2, 0) is 28.2 Å². The van der Waals surface area contributed by atoms with Crippen LogP contribution in [0.3, 0.4) is 0 Å². The van der Waals surface area contributed by atoms with E-state index < -0.39 is 49.2 Å². The first-order valence-corrected chi connectivity index (χ1v) is 27.4. The van der Waals surface area contributed by atoms with Crippen LogP contribution in [-0.4, -0.2) is 112 Å². The maximum Gasteiger partial charge on any atom is 0.293 e. The molecule has 2 saturated heterocycles. The highest BCUT2D eigenvalue weighted by Gasteiger charge is 2.30. The van der Waals surface area contributed by atoms with E-state index >= 15 is 0 Å². The number of aliphatic hydroxyl groups is 1. The van der Waals surface area contributed by atoms with Crippen molar-refractivity contribution in [3.05, 3.63) is 149 Å². The summed E-state index contributed by atoms with van der Waals surface area (Å²) >= 11 is -0.861. The van der Waals surface area contributed by atoms with Gasteiger partial charge in [0.1, 0.15) is 11.5 Å². The second kappa shape index (κ2) is 22.6. The van der Waals surface area contributed by atoms with Crippen LogP contribution in [0.4, 0.5) is 32.8 Å². The van der Waals surface area contributed by atoms with Gasteiger partial charge in [0.15, 0.2) is 0 Å². The molecule has 2 aliphatic heterocycles. The summed E-state index contributed by atoms with van der Waals surface area (Å²) in [6.45, 7) is 8.43. The minimum absolute atomic E-state index is 0.180. The predicted molar refractivity (Wildman–Crippen MR) is 282 cm³/mol. The number of sulfonamides is 1. The molecule has 72 heavy (non-hydrogen) atoms. The van der Waals surface area contributed by atoms with E-state index in [1.54, 1.807) is 43.0 Å². The molecule has 20 heteroatoms. The van der Waals surface area contributed by atoms with Gasteiger partial charge in [-0.25, -0.2) is 12.8 Å². The molecular formula is C52H58FN8O8S3-. The molecule has 1 amide bonds. The predicted octanol–water partition coefficient (Wildman–Crippen LogP) is 8.22.